The average molecular weight is 304 g/mol. The van der Waals surface area contributed by atoms with E-state index in [0.29, 0.717) is 0 Å². The Morgan fingerprint density at radius 2 is 1.89 bits per heavy atom. The quantitative estimate of drug-likeness (QED) is 0.796. The van der Waals surface area contributed by atoms with Crippen molar-refractivity contribution < 1.29 is 12.6 Å². The predicted molar refractivity (Wildman–Crippen MR) is 75.6 cm³/mol. The Morgan fingerprint density at radius 3 is 2.50 bits per heavy atom. The molecule has 1 aromatic rings. The molecule has 0 saturated heterocycles. The van der Waals surface area contributed by atoms with Gasteiger partial charge >= 0.3 is 0 Å². The van der Waals surface area contributed by atoms with Crippen molar-refractivity contribution in [3.05, 3.63) is 18.2 Å². The maximum atomic E-state index is 12.2. The van der Waals surface area contributed by atoms with Crippen molar-refractivity contribution in [2.24, 2.45) is 0 Å². The van der Waals surface area contributed by atoms with Crippen LogP contribution in [0.15, 0.2) is 32.9 Å². The van der Waals surface area contributed by atoms with E-state index >= 15 is 0 Å². The standard InChI is InChI=1S/C12H16O3S3/c1-8(2)15-18(13,14)10-7-5-6-9-11(10)17-12(3,4)16-9/h5-8H,1-4H3. The third-order valence-electron chi connectivity index (χ3n) is 2.23. The van der Waals surface area contributed by atoms with E-state index in [2.05, 4.69) is 13.8 Å². The molecule has 3 nitrogen and oxygen atoms in total. The first kappa shape index (κ1) is 14.2. The molecule has 1 heterocycles. The minimum atomic E-state index is -3.67. The summed E-state index contributed by atoms with van der Waals surface area (Å²) >= 11 is 3.26. The summed E-state index contributed by atoms with van der Waals surface area (Å²) in [6.45, 7) is 7.60. The summed E-state index contributed by atoms with van der Waals surface area (Å²) in [5.41, 5.74) is 0. The first-order chi connectivity index (χ1) is 8.21. The van der Waals surface area contributed by atoms with Gasteiger partial charge in [0.05, 0.1) is 10.2 Å². The van der Waals surface area contributed by atoms with E-state index in [0.717, 1.165) is 9.79 Å². The van der Waals surface area contributed by atoms with Crippen LogP contribution in [0.4, 0.5) is 0 Å². The molecule has 0 N–H and O–H groups in total. The minimum absolute atomic E-state index is 0.0359. The van der Waals surface area contributed by atoms with E-state index in [1.807, 2.05) is 6.07 Å². The zero-order valence-corrected chi connectivity index (χ0v) is 13.2. The van der Waals surface area contributed by atoms with Crippen molar-refractivity contribution in [2.75, 3.05) is 0 Å². The summed E-state index contributed by atoms with van der Waals surface area (Å²) in [6.07, 6.45) is -0.349. The molecule has 1 aliphatic rings. The Labute approximate surface area is 117 Å². The molecule has 0 atom stereocenters. The maximum Gasteiger partial charge on any atom is 0.298 e. The van der Waals surface area contributed by atoms with Crippen LogP contribution >= 0.6 is 23.5 Å². The largest absolute Gasteiger partial charge is 0.298 e. The molecular weight excluding hydrogens is 288 g/mol. The number of thioether (sulfide) groups is 2. The molecule has 2 rings (SSSR count). The molecule has 0 bridgehead atoms. The summed E-state index contributed by atoms with van der Waals surface area (Å²) in [6, 6.07) is 5.34. The van der Waals surface area contributed by atoms with E-state index in [4.69, 9.17) is 4.18 Å². The SMILES string of the molecule is CC(C)OS(=O)(=O)c1cccc2c1SC(C)(C)S2. The van der Waals surface area contributed by atoms with Gasteiger partial charge in [-0.05, 0) is 39.8 Å². The van der Waals surface area contributed by atoms with Gasteiger partial charge in [0.25, 0.3) is 10.1 Å². The molecule has 0 radical (unpaired) electrons. The summed E-state index contributed by atoms with van der Waals surface area (Å²) < 4.78 is 29.4. The summed E-state index contributed by atoms with van der Waals surface area (Å²) in [5.74, 6) is 0. The van der Waals surface area contributed by atoms with E-state index in [9.17, 15) is 8.42 Å². The number of benzene rings is 1. The lowest BCUT2D eigenvalue weighted by molar-refractivity contribution is 0.248. The normalized spacial score (nSPS) is 18.1. The number of fused-ring (bicyclic) bond motifs is 1. The van der Waals surface area contributed by atoms with Crippen molar-refractivity contribution in [1.29, 1.82) is 0 Å². The van der Waals surface area contributed by atoms with E-state index in [1.54, 1.807) is 49.5 Å². The van der Waals surface area contributed by atoms with Gasteiger partial charge in [-0.2, -0.15) is 8.42 Å². The van der Waals surface area contributed by atoms with Crippen molar-refractivity contribution in [3.8, 4) is 0 Å². The highest BCUT2D eigenvalue weighted by atomic mass is 32.2. The van der Waals surface area contributed by atoms with E-state index in [1.165, 1.54) is 0 Å². The second kappa shape index (κ2) is 4.74. The van der Waals surface area contributed by atoms with Gasteiger partial charge in [0, 0.05) is 9.79 Å². The van der Waals surface area contributed by atoms with Crippen molar-refractivity contribution in [2.45, 2.75) is 52.6 Å². The second-order valence-electron chi connectivity index (χ2n) is 4.79. The lowest BCUT2D eigenvalue weighted by Gasteiger charge is -2.14. The van der Waals surface area contributed by atoms with Crippen LogP contribution in [0.1, 0.15) is 27.7 Å². The second-order valence-corrected chi connectivity index (χ2v) is 9.88. The molecule has 6 heteroatoms. The minimum Gasteiger partial charge on any atom is -0.264 e. The highest BCUT2D eigenvalue weighted by Crippen LogP contribution is 2.57. The first-order valence-corrected chi connectivity index (χ1v) is 8.70. The van der Waals surface area contributed by atoms with Crippen LogP contribution in [-0.2, 0) is 14.3 Å². The number of hydrogen-bond donors (Lipinski definition) is 0. The van der Waals surface area contributed by atoms with Crippen LogP contribution in [0, 0.1) is 0 Å². The molecule has 0 aromatic heterocycles. The van der Waals surface area contributed by atoms with Crippen molar-refractivity contribution in [1.82, 2.24) is 0 Å². The number of rotatable bonds is 3. The fourth-order valence-electron chi connectivity index (χ4n) is 1.71. The Morgan fingerprint density at radius 1 is 1.22 bits per heavy atom. The topological polar surface area (TPSA) is 43.4 Å². The van der Waals surface area contributed by atoms with Crippen LogP contribution in [0.25, 0.3) is 0 Å². The zero-order valence-electron chi connectivity index (χ0n) is 10.8. The monoisotopic (exact) mass is 304 g/mol. The molecule has 0 spiro atoms. The molecule has 0 fully saturated rings. The molecule has 0 aliphatic carbocycles. The Kier molecular flexibility index (Phi) is 3.75. The Hall–Kier alpha value is -0.170. The average Bonchev–Trinajstić information content (AvgIpc) is 2.48. The van der Waals surface area contributed by atoms with E-state index < -0.39 is 10.1 Å². The van der Waals surface area contributed by atoms with Gasteiger partial charge in [-0.3, -0.25) is 4.18 Å². The molecule has 1 aromatic carbocycles. The third-order valence-corrected chi connectivity index (χ3v) is 6.70. The van der Waals surface area contributed by atoms with E-state index in [-0.39, 0.29) is 15.1 Å². The summed E-state index contributed by atoms with van der Waals surface area (Å²) in [5, 5.41) is 0. The predicted octanol–water partition coefficient (Wildman–Crippen LogP) is 3.73. The molecule has 0 unspecified atom stereocenters. The third kappa shape index (κ3) is 2.87. The van der Waals surface area contributed by atoms with Gasteiger partial charge < -0.3 is 0 Å². The maximum absolute atomic E-state index is 12.2. The fraction of sp³-hybridized carbons (Fsp3) is 0.500. The van der Waals surface area contributed by atoms with Crippen LogP contribution < -0.4 is 0 Å². The van der Waals surface area contributed by atoms with Crippen LogP contribution in [0.3, 0.4) is 0 Å². The molecule has 18 heavy (non-hydrogen) atoms. The van der Waals surface area contributed by atoms with Gasteiger partial charge in [0.15, 0.2) is 0 Å². The Bertz CT molecular complexity index is 562. The highest BCUT2D eigenvalue weighted by molar-refractivity contribution is 8.20. The molecule has 1 aliphatic heterocycles. The van der Waals surface area contributed by atoms with Gasteiger partial charge in [0.1, 0.15) is 4.90 Å². The Balaban J connectivity index is 2.47. The lowest BCUT2D eigenvalue weighted by atomic mass is 10.4. The van der Waals surface area contributed by atoms with Crippen molar-refractivity contribution >= 4 is 33.6 Å². The lowest BCUT2D eigenvalue weighted by Crippen LogP contribution is -2.13. The van der Waals surface area contributed by atoms with Crippen LogP contribution in [0.2, 0.25) is 0 Å². The molecule has 0 amide bonds. The van der Waals surface area contributed by atoms with Crippen molar-refractivity contribution in [3.63, 3.8) is 0 Å². The first-order valence-electron chi connectivity index (χ1n) is 5.66. The van der Waals surface area contributed by atoms with Crippen LogP contribution in [-0.4, -0.2) is 18.6 Å². The van der Waals surface area contributed by atoms with Gasteiger partial charge in [-0.25, -0.2) is 0 Å². The zero-order chi connectivity index (χ0) is 13.6. The molecular formula is C12H16O3S3. The highest BCUT2D eigenvalue weighted by Gasteiger charge is 2.35. The van der Waals surface area contributed by atoms with Crippen LogP contribution in [0.5, 0.6) is 0 Å². The smallest absolute Gasteiger partial charge is 0.264 e. The molecule has 100 valence electrons. The number of hydrogen-bond acceptors (Lipinski definition) is 5. The van der Waals surface area contributed by atoms with Gasteiger partial charge in [0.2, 0.25) is 0 Å². The van der Waals surface area contributed by atoms with Gasteiger partial charge in [-0.1, -0.05) is 6.07 Å². The fourth-order valence-corrected chi connectivity index (χ4v) is 6.04. The summed E-state index contributed by atoms with van der Waals surface area (Å²) in [7, 11) is -3.67. The summed E-state index contributed by atoms with van der Waals surface area (Å²) in [4.78, 5) is 2.11. The molecule has 0 saturated carbocycles. The van der Waals surface area contributed by atoms with Gasteiger partial charge in [-0.15, -0.1) is 23.5 Å².